The van der Waals surface area contributed by atoms with Gasteiger partial charge in [0.1, 0.15) is 5.69 Å². The Bertz CT molecular complexity index is 785. The smallest absolute Gasteiger partial charge is 0.375 e. The van der Waals surface area contributed by atoms with Crippen LogP contribution in [-0.4, -0.2) is 37.0 Å². The molecule has 0 aromatic carbocycles. The summed E-state index contributed by atoms with van der Waals surface area (Å²) in [6, 6.07) is 3.66. The Labute approximate surface area is 133 Å². The largest absolute Gasteiger partial charge is 0.475 e. The molecule has 1 N–H and O–H groups in total. The Morgan fingerprint density at radius 1 is 1.39 bits per heavy atom. The van der Waals surface area contributed by atoms with Crippen molar-refractivity contribution in [3.63, 3.8) is 0 Å². The third-order valence-corrected chi connectivity index (χ3v) is 2.86. The minimum atomic E-state index is -1.19. The fourth-order valence-electron chi connectivity index (χ4n) is 1.80. The van der Waals surface area contributed by atoms with Crippen LogP contribution < -0.4 is 0 Å². The first kappa shape index (κ1) is 16.3. The second-order valence-electron chi connectivity index (χ2n) is 4.77. The van der Waals surface area contributed by atoms with Crippen LogP contribution >= 0.6 is 0 Å². The van der Waals surface area contributed by atoms with Crippen molar-refractivity contribution >= 4 is 18.4 Å². The number of rotatable bonds is 5. The predicted octanol–water partition coefficient (Wildman–Crippen LogP) is 2.81. The molecular weight excluding hydrogens is 294 g/mol. The summed E-state index contributed by atoms with van der Waals surface area (Å²) >= 11 is 0. The summed E-state index contributed by atoms with van der Waals surface area (Å²) in [5.74, 6) is -1.10. The van der Waals surface area contributed by atoms with Crippen LogP contribution in [0.15, 0.2) is 41.2 Å². The molecule has 0 spiro atoms. The zero-order valence-corrected chi connectivity index (χ0v) is 13.1. The Morgan fingerprint density at radius 3 is 2.78 bits per heavy atom. The van der Waals surface area contributed by atoms with Gasteiger partial charge in [0, 0.05) is 24.3 Å². The van der Waals surface area contributed by atoms with Gasteiger partial charge >= 0.3 is 5.97 Å². The molecule has 0 atom stereocenters. The summed E-state index contributed by atoms with van der Waals surface area (Å²) in [4.78, 5) is 23.5. The van der Waals surface area contributed by atoms with E-state index < -0.39 is 5.97 Å². The molecule has 0 saturated carbocycles. The van der Waals surface area contributed by atoms with E-state index in [-0.39, 0.29) is 5.82 Å². The highest BCUT2D eigenvalue weighted by Gasteiger charge is 2.16. The lowest BCUT2D eigenvalue weighted by Gasteiger charge is -2.00. The highest BCUT2D eigenvalue weighted by Crippen LogP contribution is 2.16. The van der Waals surface area contributed by atoms with Gasteiger partial charge in [0.15, 0.2) is 5.82 Å². The van der Waals surface area contributed by atoms with E-state index in [4.69, 9.17) is 5.11 Å². The number of carboxylic acids is 1. The van der Waals surface area contributed by atoms with Gasteiger partial charge in [-0.25, -0.2) is 9.48 Å². The van der Waals surface area contributed by atoms with Crippen LogP contribution in [0.2, 0.25) is 0 Å². The molecule has 0 amide bonds. The summed E-state index contributed by atoms with van der Waals surface area (Å²) in [6.45, 7) is 5.61. The number of carboxylic acid groups (broad SMARTS) is 1. The number of nitrogens with zero attached hydrogens (tertiary/aromatic N) is 5. The number of pyridine rings is 1. The first-order chi connectivity index (χ1) is 11.0. The fraction of sp³-hybridized carbons (Fsp3) is 0.188. The van der Waals surface area contributed by atoms with Gasteiger partial charge in [-0.05, 0) is 44.6 Å². The van der Waals surface area contributed by atoms with Crippen LogP contribution in [0.25, 0.3) is 17.7 Å². The molecule has 0 bridgehead atoms. The van der Waals surface area contributed by atoms with Crippen molar-refractivity contribution in [2.45, 2.75) is 20.8 Å². The lowest BCUT2D eigenvalue weighted by Crippen LogP contribution is -1.99. The topological polar surface area (TPSA) is 93.3 Å². The fourth-order valence-corrected chi connectivity index (χ4v) is 1.80. The molecule has 0 radical (unpaired) electrons. The number of carbonyl (C=O) groups is 1. The Balaban J connectivity index is 2.41. The standard InChI is InChI=1S/C16H17N5O2/c1-4-17-12(3)6-5-9-21-15(19-14(20-21)16(22)23)13-8-7-11(2)10-18-13/h4-10H,1-3H3,(H,22,23)/b9-5+,12-6-,17-4-. The lowest BCUT2D eigenvalue weighted by atomic mass is 10.2. The average Bonchev–Trinajstić information content (AvgIpc) is 2.93. The minimum Gasteiger partial charge on any atom is -0.475 e. The molecule has 118 valence electrons. The zero-order valence-electron chi connectivity index (χ0n) is 13.1. The second-order valence-corrected chi connectivity index (χ2v) is 4.77. The summed E-state index contributed by atoms with van der Waals surface area (Å²) in [7, 11) is 0. The maximum atomic E-state index is 11.1. The second kappa shape index (κ2) is 7.26. The third-order valence-electron chi connectivity index (χ3n) is 2.86. The molecule has 0 aliphatic carbocycles. The van der Waals surface area contributed by atoms with E-state index in [9.17, 15) is 4.79 Å². The number of aromatic nitrogens is 4. The van der Waals surface area contributed by atoms with Gasteiger partial charge in [-0.1, -0.05) is 6.07 Å². The normalized spacial score (nSPS) is 12.4. The summed E-state index contributed by atoms with van der Waals surface area (Å²) in [6.07, 6.45) is 8.51. The van der Waals surface area contributed by atoms with E-state index >= 15 is 0 Å². The van der Waals surface area contributed by atoms with Crippen molar-refractivity contribution in [3.8, 4) is 11.5 Å². The predicted molar refractivity (Wildman–Crippen MR) is 88.2 cm³/mol. The Morgan fingerprint density at radius 2 is 2.17 bits per heavy atom. The number of aromatic carboxylic acids is 1. The molecule has 0 aliphatic rings. The van der Waals surface area contributed by atoms with Crippen LogP contribution in [0.4, 0.5) is 0 Å². The molecule has 0 fully saturated rings. The van der Waals surface area contributed by atoms with Gasteiger partial charge in [0.05, 0.1) is 0 Å². The minimum absolute atomic E-state index is 0.278. The van der Waals surface area contributed by atoms with Crippen molar-refractivity contribution < 1.29 is 9.90 Å². The van der Waals surface area contributed by atoms with Crippen LogP contribution in [0, 0.1) is 6.92 Å². The number of hydrogen-bond acceptors (Lipinski definition) is 5. The molecule has 7 nitrogen and oxygen atoms in total. The monoisotopic (exact) mass is 311 g/mol. The Hall–Kier alpha value is -3.09. The van der Waals surface area contributed by atoms with Gasteiger partial charge in [0.25, 0.3) is 5.82 Å². The van der Waals surface area contributed by atoms with E-state index in [0.29, 0.717) is 11.5 Å². The molecule has 2 heterocycles. The first-order valence-electron chi connectivity index (χ1n) is 6.98. The highest BCUT2D eigenvalue weighted by molar-refractivity contribution is 5.83. The number of allylic oxidation sites excluding steroid dienone is 3. The van der Waals surface area contributed by atoms with E-state index in [1.807, 2.05) is 26.8 Å². The maximum Gasteiger partial charge on any atom is 0.375 e. The molecule has 23 heavy (non-hydrogen) atoms. The Kier molecular flexibility index (Phi) is 5.14. The van der Waals surface area contributed by atoms with Crippen molar-refractivity contribution in [2.75, 3.05) is 0 Å². The van der Waals surface area contributed by atoms with Crippen molar-refractivity contribution in [2.24, 2.45) is 4.99 Å². The van der Waals surface area contributed by atoms with Gasteiger partial charge in [-0.15, -0.1) is 5.10 Å². The lowest BCUT2D eigenvalue weighted by molar-refractivity contribution is 0.0684. The molecule has 0 unspecified atom stereocenters. The molecular formula is C16H17N5O2. The van der Waals surface area contributed by atoms with Crippen LogP contribution in [0.5, 0.6) is 0 Å². The molecule has 2 rings (SSSR count). The summed E-state index contributed by atoms with van der Waals surface area (Å²) in [5, 5.41) is 13.0. The van der Waals surface area contributed by atoms with Crippen molar-refractivity contribution in [1.82, 2.24) is 19.7 Å². The van der Waals surface area contributed by atoms with Crippen LogP contribution in [-0.2, 0) is 0 Å². The zero-order chi connectivity index (χ0) is 16.8. The van der Waals surface area contributed by atoms with Crippen molar-refractivity contribution in [3.05, 3.63) is 47.6 Å². The number of hydrogen-bond donors (Lipinski definition) is 1. The quantitative estimate of drug-likeness (QED) is 0.677. The van der Waals surface area contributed by atoms with Gasteiger partial charge in [-0.3, -0.25) is 9.98 Å². The van der Waals surface area contributed by atoms with Crippen LogP contribution in [0.1, 0.15) is 30.0 Å². The maximum absolute atomic E-state index is 11.1. The molecule has 2 aromatic heterocycles. The summed E-state index contributed by atoms with van der Waals surface area (Å²) < 4.78 is 1.39. The molecule has 0 saturated heterocycles. The average molecular weight is 311 g/mol. The molecule has 2 aromatic rings. The van der Waals surface area contributed by atoms with E-state index in [1.54, 1.807) is 36.8 Å². The van der Waals surface area contributed by atoms with E-state index in [1.165, 1.54) is 4.68 Å². The summed E-state index contributed by atoms with van der Waals surface area (Å²) in [5.41, 5.74) is 2.37. The van der Waals surface area contributed by atoms with Crippen LogP contribution in [0.3, 0.4) is 0 Å². The number of aryl methyl sites for hydroxylation is 1. The highest BCUT2D eigenvalue weighted by atomic mass is 16.4. The molecule has 0 aliphatic heterocycles. The SMILES string of the molecule is C\C=N/C(C)=C\C=C\n1nc(C(=O)O)nc1-c1ccc(C)cn1. The van der Waals surface area contributed by atoms with E-state index in [2.05, 4.69) is 20.1 Å². The first-order valence-corrected chi connectivity index (χ1v) is 6.98. The van der Waals surface area contributed by atoms with Gasteiger partial charge in [-0.2, -0.15) is 4.98 Å². The third kappa shape index (κ3) is 4.19. The van der Waals surface area contributed by atoms with Gasteiger partial charge < -0.3 is 5.11 Å². The van der Waals surface area contributed by atoms with Gasteiger partial charge in [0.2, 0.25) is 0 Å². The van der Waals surface area contributed by atoms with E-state index in [0.717, 1.165) is 11.3 Å². The number of aliphatic imine (C=N–C) groups is 1. The van der Waals surface area contributed by atoms with Crippen molar-refractivity contribution in [1.29, 1.82) is 0 Å². The molecule has 7 heteroatoms.